The lowest BCUT2D eigenvalue weighted by molar-refractivity contribution is -0.142. The molecule has 1 N–H and O–H groups in total. The fraction of sp³-hybridized carbons (Fsp3) is 0.238. The number of halogens is 1. The van der Waals surface area contributed by atoms with Gasteiger partial charge in [-0.05, 0) is 53.6 Å². The van der Waals surface area contributed by atoms with Crippen molar-refractivity contribution in [3.8, 4) is 0 Å². The van der Waals surface area contributed by atoms with Gasteiger partial charge < -0.3 is 5.11 Å². The zero-order valence-electron chi connectivity index (χ0n) is 14.2. The number of aromatic nitrogens is 1. The van der Waals surface area contributed by atoms with Crippen LogP contribution >= 0.6 is 11.6 Å². The van der Waals surface area contributed by atoms with E-state index >= 15 is 0 Å². The molecule has 1 aliphatic rings. The van der Waals surface area contributed by atoms with Crippen molar-refractivity contribution >= 4 is 28.3 Å². The Balaban J connectivity index is 1.83. The number of aliphatic carboxylic acids is 1. The largest absolute Gasteiger partial charge is 0.480 e. The number of carbonyl (C=O) groups is 1. The van der Waals surface area contributed by atoms with Gasteiger partial charge in [-0.25, -0.2) is 0 Å². The third kappa shape index (κ3) is 3.18. The Labute approximate surface area is 157 Å². The predicted molar refractivity (Wildman–Crippen MR) is 102 cm³/mol. The molecule has 3 aromatic rings. The number of benzene rings is 2. The van der Waals surface area contributed by atoms with Gasteiger partial charge in [-0.2, -0.15) is 0 Å². The van der Waals surface area contributed by atoms with Crippen molar-refractivity contribution in [1.29, 1.82) is 0 Å². The lowest BCUT2D eigenvalue weighted by Gasteiger charge is -2.32. The summed E-state index contributed by atoms with van der Waals surface area (Å²) >= 11 is 6.06. The van der Waals surface area contributed by atoms with E-state index in [4.69, 9.17) is 11.6 Å². The van der Waals surface area contributed by atoms with E-state index in [0.29, 0.717) is 11.4 Å². The van der Waals surface area contributed by atoms with Gasteiger partial charge in [0.2, 0.25) is 0 Å². The van der Waals surface area contributed by atoms with Crippen molar-refractivity contribution < 1.29 is 9.90 Å². The highest BCUT2D eigenvalue weighted by molar-refractivity contribution is 6.30. The molecule has 4 rings (SSSR count). The van der Waals surface area contributed by atoms with Crippen LogP contribution in [0.1, 0.15) is 30.0 Å². The molecule has 2 atom stereocenters. The van der Waals surface area contributed by atoms with E-state index in [1.165, 1.54) is 0 Å². The molecule has 0 aliphatic carbocycles. The Morgan fingerprint density at radius 1 is 1.12 bits per heavy atom. The average Bonchev–Trinajstić information content (AvgIpc) is 3.13. The maximum absolute atomic E-state index is 11.8. The number of carboxylic acid groups (broad SMARTS) is 1. The van der Waals surface area contributed by atoms with Crippen molar-refractivity contribution in [2.75, 3.05) is 6.54 Å². The molecule has 1 aliphatic heterocycles. The van der Waals surface area contributed by atoms with Gasteiger partial charge in [0.25, 0.3) is 0 Å². The molecule has 0 radical (unpaired) electrons. The summed E-state index contributed by atoms with van der Waals surface area (Å²) in [6.45, 7) is 0.763. The summed E-state index contributed by atoms with van der Waals surface area (Å²) < 4.78 is 0. The monoisotopic (exact) mass is 366 g/mol. The molecule has 2 aromatic carbocycles. The van der Waals surface area contributed by atoms with Gasteiger partial charge in [-0.3, -0.25) is 14.7 Å². The Morgan fingerprint density at radius 2 is 1.88 bits per heavy atom. The lowest BCUT2D eigenvalue weighted by atomic mass is 9.94. The van der Waals surface area contributed by atoms with Crippen molar-refractivity contribution in [2.24, 2.45) is 0 Å². The number of hydrogen-bond donors (Lipinski definition) is 1. The van der Waals surface area contributed by atoms with Crippen LogP contribution in [0.2, 0.25) is 5.02 Å². The molecule has 0 saturated carbocycles. The molecule has 1 fully saturated rings. The summed E-state index contributed by atoms with van der Waals surface area (Å²) in [5.74, 6) is -0.758. The third-order valence-corrected chi connectivity index (χ3v) is 5.33. The predicted octanol–water partition coefficient (Wildman–Crippen LogP) is 4.53. The van der Waals surface area contributed by atoms with Gasteiger partial charge >= 0.3 is 5.97 Å². The fourth-order valence-electron chi connectivity index (χ4n) is 3.86. The zero-order chi connectivity index (χ0) is 18.1. The second kappa shape index (κ2) is 7.06. The summed E-state index contributed by atoms with van der Waals surface area (Å²) in [5, 5.41) is 12.5. The van der Waals surface area contributed by atoms with Gasteiger partial charge in [0.05, 0.1) is 6.04 Å². The van der Waals surface area contributed by atoms with E-state index in [0.717, 1.165) is 34.9 Å². The summed E-state index contributed by atoms with van der Waals surface area (Å²) in [4.78, 5) is 18.0. The molecule has 0 spiro atoms. The van der Waals surface area contributed by atoms with Gasteiger partial charge in [-0.1, -0.05) is 35.9 Å². The zero-order valence-corrected chi connectivity index (χ0v) is 14.9. The Hall–Kier alpha value is -2.43. The minimum atomic E-state index is -0.758. The van der Waals surface area contributed by atoms with E-state index in [9.17, 15) is 9.90 Å². The van der Waals surface area contributed by atoms with E-state index < -0.39 is 12.0 Å². The molecule has 1 saturated heterocycles. The first-order valence-electron chi connectivity index (χ1n) is 8.71. The third-order valence-electron chi connectivity index (χ3n) is 5.08. The molecule has 0 bridgehead atoms. The first-order chi connectivity index (χ1) is 12.6. The molecular formula is C21H19ClN2O2. The minimum Gasteiger partial charge on any atom is -0.480 e. The lowest BCUT2D eigenvalue weighted by Crippen LogP contribution is -2.39. The highest BCUT2D eigenvalue weighted by Gasteiger charge is 2.36. The summed E-state index contributed by atoms with van der Waals surface area (Å²) in [6.07, 6.45) is 5.18. The molecular weight excluding hydrogens is 348 g/mol. The van der Waals surface area contributed by atoms with Crippen LogP contribution < -0.4 is 0 Å². The maximum atomic E-state index is 11.8. The van der Waals surface area contributed by atoms with Crippen molar-refractivity contribution in [1.82, 2.24) is 9.88 Å². The van der Waals surface area contributed by atoms with Gasteiger partial charge in [0.1, 0.15) is 6.04 Å². The second-order valence-electron chi connectivity index (χ2n) is 6.67. The van der Waals surface area contributed by atoms with Gasteiger partial charge in [0.15, 0.2) is 0 Å². The van der Waals surface area contributed by atoms with Crippen LogP contribution in [-0.4, -0.2) is 33.5 Å². The molecule has 1 aromatic heterocycles. The molecule has 5 heteroatoms. The number of pyridine rings is 1. The minimum absolute atomic E-state index is 0.117. The van der Waals surface area contributed by atoms with Crippen molar-refractivity contribution in [2.45, 2.75) is 24.9 Å². The topological polar surface area (TPSA) is 53.4 Å². The molecule has 2 unspecified atom stereocenters. The fourth-order valence-corrected chi connectivity index (χ4v) is 3.98. The van der Waals surface area contributed by atoms with Crippen LogP contribution in [0.3, 0.4) is 0 Å². The van der Waals surface area contributed by atoms with E-state index in [1.54, 1.807) is 6.20 Å². The molecule has 0 amide bonds. The first-order valence-corrected chi connectivity index (χ1v) is 9.09. The standard InChI is InChI=1S/C21H19ClN2O2/c22-18-7-5-14(6-8-18)20(24-11-1-2-19(24)21(25)26)16-3-4-17-13-23-10-9-15(17)12-16/h3-10,12-13,19-20H,1-2,11H2,(H,25,26). The quantitative estimate of drug-likeness (QED) is 0.737. The highest BCUT2D eigenvalue weighted by Crippen LogP contribution is 2.36. The SMILES string of the molecule is O=C(O)C1CCCN1C(c1ccc(Cl)cc1)c1ccc2cnccc2c1. The van der Waals surface area contributed by atoms with Crippen LogP contribution in [0.25, 0.3) is 10.8 Å². The highest BCUT2D eigenvalue weighted by atomic mass is 35.5. The molecule has 132 valence electrons. The number of nitrogens with zero attached hydrogens (tertiary/aromatic N) is 2. The van der Waals surface area contributed by atoms with Crippen LogP contribution in [0.4, 0.5) is 0 Å². The summed E-state index contributed by atoms with van der Waals surface area (Å²) in [7, 11) is 0. The normalized spacial score (nSPS) is 18.9. The Kier molecular flexibility index (Phi) is 4.62. The van der Waals surface area contributed by atoms with Crippen LogP contribution in [0, 0.1) is 0 Å². The first kappa shape index (κ1) is 17.0. The average molecular weight is 367 g/mol. The number of rotatable bonds is 4. The van der Waals surface area contributed by atoms with Crippen molar-refractivity contribution in [3.05, 3.63) is 77.1 Å². The Morgan fingerprint density at radius 3 is 2.65 bits per heavy atom. The van der Waals surface area contributed by atoms with E-state index in [2.05, 4.69) is 22.0 Å². The summed E-state index contributed by atoms with van der Waals surface area (Å²) in [6, 6.07) is 15.3. The smallest absolute Gasteiger partial charge is 0.320 e. The van der Waals surface area contributed by atoms with E-state index in [1.807, 2.05) is 42.6 Å². The molecule has 26 heavy (non-hydrogen) atoms. The number of fused-ring (bicyclic) bond motifs is 1. The van der Waals surface area contributed by atoms with Crippen LogP contribution in [0.5, 0.6) is 0 Å². The summed E-state index contributed by atoms with van der Waals surface area (Å²) in [5.41, 5.74) is 2.13. The van der Waals surface area contributed by atoms with Crippen LogP contribution in [0.15, 0.2) is 60.9 Å². The Bertz CT molecular complexity index is 942. The molecule has 2 heterocycles. The van der Waals surface area contributed by atoms with Crippen LogP contribution in [-0.2, 0) is 4.79 Å². The van der Waals surface area contributed by atoms with E-state index in [-0.39, 0.29) is 6.04 Å². The number of likely N-dealkylation sites (tertiary alicyclic amines) is 1. The van der Waals surface area contributed by atoms with Gasteiger partial charge in [-0.15, -0.1) is 0 Å². The molecule has 4 nitrogen and oxygen atoms in total. The van der Waals surface area contributed by atoms with Gasteiger partial charge in [0, 0.05) is 29.3 Å². The second-order valence-corrected chi connectivity index (χ2v) is 7.11. The number of hydrogen-bond acceptors (Lipinski definition) is 3. The number of carboxylic acids is 1. The van der Waals surface area contributed by atoms with Crippen molar-refractivity contribution in [3.63, 3.8) is 0 Å². The maximum Gasteiger partial charge on any atom is 0.320 e.